The maximum Gasteiger partial charge on any atom is 0.323 e. The number of aromatic amines is 1. The first-order valence-electron chi connectivity index (χ1n) is 19.6. The summed E-state index contributed by atoms with van der Waals surface area (Å²) in [6.45, 7) is 1.14. The number of aromatic nitrogens is 2. The van der Waals surface area contributed by atoms with Crippen molar-refractivity contribution in [1.82, 2.24) is 40.6 Å². The highest BCUT2D eigenvalue weighted by Gasteiger charge is 2.44. The SMILES string of the molecule is CCCC[C@@H](C(=O)N(C)C)N(C)C(=O)[C@H](Cc1cn(CC(=O)O)c2ccccc12)NC(=O)[C@H](CN)NC(=O)[C@H](Cc1c[nH]c2ccccc12)NC(=O)[C@@]1(O)C[C@@H](O)CN1. The molecule has 0 radical (unpaired) electrons. The van der Waals surface area contributed by atoms with Crippen LogP contribution < -0.4 is 27.0 Å². The van der Waals surface area contributed by atoms with E-state index < -0.39 is 72.1 Å². The number of carboxylic acids is 1. The fraction of sp³-hybridized carbons (Fsp3) is 0.463. The van der Waals surface area contributed by atoms with E-state index in [9.17, 15) is 44.1 Å². The fourth-order valence-electron chi connectivity index (χ4n) is 7.49. The van der Waals surface area contributed by atoms with Crippen LogP contribution in [0.5, 0.6) is 0 Å². The number of nitrogens with one attached hydrogen (secondary N) is 5. The lowest BCUT2D eigenvalue weighted by Gasteiger charge is -2.33. The molecule has 0 bridgehead atoms. The Labute approximate surface area is 341 Å². The first-order chi connectivity index (χ1) is 28.1. The molecule has 18 nitrogen and oxygen atoms in total. The number of aliphatic carboxylic acids is 1. The van der Waals surface area contributed by atoms with Crippen molar-refractivity contribution in [3.05, 3.63) is 72.1 Å². The van der Waals surface area contributed by atoms with Crippen molar-refractivity contribution in [3.8, 4) is 0 Å². The quantitative estimate of drug-likeness (QED) is 0.0586. The largest absolute Gasteiger partial charge is 0.480 e. The number of carbonyl (C=O) groups excluding carboxylic acids is 5. The van der Waals surface area contributed by atoms with Gasteiger partial charge in [0.05, 0.1) is 6.10 Å². The normalized spacial score (nSPS) is 18.5. The Morgan fingerprint density at radius 2 is 1.54 bits per heavy atom. The maximum atomic E-state index is 14.5. The monoisotopic (exact) mass is 817 g/mol. The van der Waals surface area contributed by atoms with Gasteiger partial charge in [-0.05, 0) is 29.7 Å². The van der Waals surface area contributed by atoms with Crippen LogP contribution in [0.1, 0.15) is 43.7 Å². The molecule has 1 aliphatic heterocycles. The Bertz CT molecular complexity index is 2170. The van der Waals surface area contributed by atoms with Crippen LogP contribution in [0.2, 0.25) is 0 Å². The van der Waals surface area contributed by atoms with E-state index in [1.807, 2.05) is 31.2 Å². The van der Waals surface area contributed by atoms with Crippen molar-refractivity contribution in [2.45, 2.75) is 88.0 Å². The highest BCUT2D eigenvalue weighted by atomic mass is 16.4. The molecular formula is C41H55N9O9. The molecule has 2 aromatic carbocycles. The van der Waals surface area contributed by atoms with Crippen LogP contribution in [-0.2, 0) is 48.2 Å². The van der Waals surface area contributed by atoms with Gasteiger partial charge in [-0.2, -0.15) is 0 Å². The maximum absolute atomic E-state index is 14.5. The molecule has 1 fully saturated rings. The summed E-state index contributed by atoms with van der Waals surface area (Å²) in [5, 5.41) is 42.5. The number of benzene rings is 2. The van der Waals surface area contributed by atoms with Gasteiger partial charge in [-0.3, -0.25) is 34.1 Å². The van der Waals surface area contributed by atoms with E-state index in [0.29, 0.717) is 34.9 Å². The third-order valence-corrected chi connectivity index (χ3v) is 10.7. The standard InChI is InChI=1S/C41H55N9O9/c1-5-6-14-34(39(57)48(2)3)49(4)38(56)31(17-25-22-50(23-35(52)53)33-15-10-8-12-28(25)33)45-37(55)32(19-42)46-36(54)30(47-40(58)41(59)18-26(51)21-44-41)16-24-20-43-29-13-9-7-11-27(24)29/h7-13,15,20,22,26,30-32,34,43-44,51,59H,5-6,14,16-19,21,23,42H2,1-4H3,(H,45,55)(H,46,54)(H,47,58)(H,52,53)/t26-,30+,31+,32+,34+,41+/m1/s1. The number of hydrogen-bond acceptors (Lipinski definition) is 10. The lowest BCUT2D eigenvalue weighted by atomic mass is 10.0. The number of aliphatic hydroxyl groups excluding tert-OH is 1. The number of carbonyl (C=O) groups is 6. The van der Waals surface area contributed by atoms with Crippen molar-refractivity contribution >= 4 is 57.3 Å². The smallest absolute Gasteiger partial charge is 0.323 e. The van der Waals surface area contributed by atoms with Crippen molar-refractivity contribution in [2.24, 2.45) is 5.73 Å². The molecule has 0 spiro atoms. The number of H-pyrrole nitrogens is 1. The highest BCUT2D eigenvalue weighted by molar-refractivity contribution is 5.97. The lowest BCUT2D eigenvalue weighted by molar-refractivity contribution is -0.145. The Morgan fingerprint density at radius 1 is 0.898 bits per heavy atom. The molecular weight excluding hydrogens is 763 g/mol. The number of β-amino-alcohol motifs (C(OH)–C–C–N with tert-alkyl or cyclic N) is 1. The molecule has 59 heavy (non-hydrogen) atoms. The van der Waals surface area contributed by atoms with Gasteiger partial charge in [-0.25, -0.2) is 0 Å². The molecule has 6 atom stereocenters. The van der Waals surface area contributed by atoms with Gasteiger partial charge >= 0.3 is 5.97 Å². The highest BCUT2D eigenvalue weighted by Crippen LogP contribution is 2.25. The van der Waals surface area contributed by atoms with Gasteiger partial charge in [0, 0.05) is 87.7 Å². The molecule has 4 aromatic rings. The Balaban J connectivity index is 1.44. The molecule has 0 aliphatic carbocycles. The number of hydrogen-bond donors (Lipinski definition) is 9. The number of fused-ring (bicyclic) bond motifs is 2. The number of likely N-dealkylation sites (N-methyl/N-ethyl adjacent to an activating group) is 2. The summed E-state index contributed by atoms with van der Waals surface area (Å²) in [6.07, 6.45) is 3.58. The summed E-state index contributed by atoms with van der Waals surface area (Å²) in [5.41, 5.74) is 6.52. The summed E-state index contributed by atoms with van der Waals surface area (Å²) < 4.78 is 1.53. The fourth-order valence-corrected chi connectivity index (χ4v) is 7.49. The number of aliphatic hydroxyl groups is 2. The average Bonchev–Trinajstić information content (AvgIpc) is 3.90. The minimum absolute atomic E-state index is 0.0452. The Kier molecular flexibility index (Phi) is 14.5. The molecule has 18 heteroatoms. The number of nitrogens with zero attached hydrogens (tertiary/aromatic N) is 3. The van der Waals surface area contributed by atoms with Crippen LogP contribution >= 0.6 is 0 Å². The zero-order valence-electron chi connectivity index (χ0n) is 33.7. The van der Waals surface area contributed by atoms with Crippen LogP contribution in [0.25, 0.3) is 21.8 Å². The second-order valence-corrected chi connectivity index (χ2v) is 15.3. The number of carboxylic acid groups (broad SMARTS) is 1. The van der Waals surface area contributed by atoms with Crippen molar-refractivity contribution < 1.29 is 44.1 Å². The predicted molar refractivity (Wildman–Crippen MR) is 218 cm³/mol. The summed E-state index contributed by atoms with van der Waals surface area (Å²) >= 11 is 0. The molecule has 5 amide bonds. The van der Waals surface area contributed by atoms with Gasteiger partial charge in [0.2, 0.25) is 23.6 Å². The minimum atomic E-state index is -2.15. The second kappa shape index (κ2) is 19.3. The van der Waals surface area contributed by atoms with Gasteiger partial charge in [0.15, 0.2) is 5.72 Å². The first-order valence-corrected chi connectivity index (χ1v) is 19.6. The Morgan fingerprint density at radius 3 is 2.19 bits per heavy atom. The number of nitrogens with two attached hydrogens (primary N) is 1. The van der Waals surface area contributed by atoms with Crippen molar-refractivity contribution in [3.63, 3.8) is 0 Å². The average molecular weight is 818 g/mol. The molecule has 10 N–H and O–H groups in total. The minimum Gasteiger partial charge on any atom is -0.480 e. The van der Waals surface area contributed by atoms with Crippen LogP contribution in [-0.4, -0.2) is 140 Å². The molecule has 5 rings (SSSR count). The van der Waals surface area contributed by atoms with Gasteiger partial charge < -0.3 is 56.4 Å². The molecule has 1 aliphatic rings. The van der Waals surface area contributed by atoms with E-state index in [0.717, 1.165) is 17.3 Å². The van der Waals surface area contributed by atoms with Gasteiger partial charge in [-0.15, -0.1) is 0 Å². The second-order valence-electron chi connectivity index (χ2n) is 15.3. The van der Waals surface area contributed by atoms with Crippen LogP contribution in [0.3, 0.4) is 0 Å². The van der Waals surface area contributed by atoms with Gasteiger partial charge in [0.25, 0.3) is 5.91 Å². The van der Waals surface area contributed by atoms with E-state index in [4.69, 9.17) is 5.73 Å². The van der Waals surface area contributed by atoms with E-state index in [1.54, 1.807) is 50.8 Å². The van der Waals surface area contributed by atoms with Crippen LogP contribution in [0.15, 0.2) is 60.9 Å². The van der Waals surface area contributed by atoms with E-state index in [2.05, 4.69) is 26.3 Å². The Hall–Kier alpha value is -5.82. The summed E-state index contributed by atoms with van der Waals surface area (Å²) in [7, 11) is 4.67. The summed E-state index contributed by atoms with van der Waals surface area (Å²) in [4.78, 5) is 87.1. The zero-order valence-corrected chi connectivity index (χ0v) is 33.7. The number of para-hydroxylation sites is 2. The molecule has 0 unspecified atom stereocenters. The first kappa shape index (κ1) is 44.3. The van der Waals surface area contributed by atoms with Crippen LogP contribution in [0.4, 0.5) is 0 Å². The molecule has 318 valence electrons. The molecule has 2 aromatic heterocycles. The number of rotatable bonds is 19. The topological polar surface area (TPSA) is 264 Å². The van der Waals surface area contributed by atoms with Crippen LogP contribution in [0, 0.1) is 0 Å². The molecule has 3 heterocycles. The molecule has 1 saturated heterocycles. The summed E-state index contributed by atoms with van der Waals surface area (Å²) in [5.74, 6) is -4.59. The third-order valence-electron chi connectivity index (χ3n) is 10.7. The lowest BCUT2D eigenvalue weighted by Crippen LogP contribution is -2.62. The third kappa shape index (κ3) is 10.4. The van der Waals surface area contributed by atoms with Crippen molar-refractivity contribution in [2.75, 3.05) is 34.2 Å². The van der Waals surface area contributed by atoms with E-state index in [-0.39, 0.29) is 38.3 Å². The predicted octanol–water partition coefficient (Wildman–Crippen LogP) is -0.446. The number of amides is 5. The summed E-state index contributed by atoms with van der Waals surface area (Å²) in [6, 6.07) is 9.45. The van der Waals surface area contributed by atoms with Crippen molar-refractivity contribution in [1.29, 1.82) is 0 Å². The molecule has 0 saturated carbocycles. The van der Waals surface area contributed by atoms with Gasteiger partial charge in [-0.1, -0.05) is 56.2 Å². The number of unbranched alkanes of at least 4 members (excludes halogenated alkanes) is 1. The zero-order chi connectivity index (χ0) is 43.0. The van der Waals surface area contributed by atoms with Gasteiger partial charge in [0.1, 0.15) is 30.7 Å². The van der Waals surface area contributed by atoms with E-state index in [1.165, 1.54) is 21.4 Å². The van der Waals surface area contributed by atoms with E-state index >= 15 is 0 Å².